The van der Waals surface area contributed by atoms with Gasteiger partial charge in [0, 0.05) is 25.5 Å². The maximum atomic E-state index is 13.4. The Morgan fingerprint density at radius 3 is 2.84 bits per heavy atom. The zero-order valence-electron chi connectivity index (χ0n) is 10.6. The van der Waals surface area contributed by atoms with Gasteiger partial charge < -0.3 is 10.2 Å². The number of fused-ring (bicyclic) bond motifs is 1. The van der Waals surface area contributed by atoms with Crippen molar-refractivity contribution >= 4 is 38.6 Å². The van der Waals surface area contributed by atoms with Crippen LogP contribution in [0.5, 0.6) is 0 Å². The van der Waals surface area contributed by atoms with E-state index in [1.807, 2.05) is 6.07 Å². The van der Waals surface area contributed by atoms with E-state index in [2.05, 4.69) is 26.2 Å². The smallest absolute Gasteiger partial charge is 0.241 e. The molecule has 1 aromatic carbocycles. The van der Waals surface area contributed by atoms with Crippen LogP contribution in [-0.4, -0.2) is 36.4 Å². The number of halogens is 2. The molecule has 0 saturated carbocycles. The van der Waals surface area contributed by atoms with Gasteiger partial charge in [0.1, 0.15) is 11.6 Å². The number of nitrogens with zero attached hydrogens (tertiary/aromatic N) is 2. The second-order valence-corrected chi connectivity index (χ2v) is 5.15. The molecule has 0 aliphatic carbocycles. The Bertz CT molecular complexity index is 631. The molecule has 2 rings (SSSR count). The molecule has 0 unspecified atom stereocenters. The van der Waals surface area contributed by atoms with Crippen molar-refractivity contribution in [3.63, 3.8) is 0 Å². The summed E-state index contributed by atoms with van der Waals surface area (Å²) in [5.41, 5.74) is 0.544. The van der Waals surface area contributed by atoms with Crippen LogP contribution < -0.4 is 5.32 Å². The molecule has 0 spiro atoms. The van der Waals surface area contributed by atoms with Gasteiger partial charge in [-0.1, -0.05) is 0 Å². The number of hydrogen-bond donors (Lipinski definition) is 1. The number of aromatic nitrogens is 1. The SMILES string of the molecule is CN(C)C(=O)CNc1ccc2cc(Br)c(F)cc2n1. The third-order valence-electron chi connectivity index (χ3n) is 2.65. The van der Waals surface area contributed by atoms with E-state index in [0.717, 1.165) is 5.39 Å². The van der Waals surface area contributed by atoms with Crippen LogP contribution in [-0.2, 0) is 4.79 Å². The lowest BCUT2D eigenvalue weighted by molar-refractivity contribution is -0.126. The van der Waals surface area contributed by atoms with Crippen LogP contribution in [0.1, 0.15) is 0 Å². The van der Waals surface area contributed by atoms with Crippen molar-refractivity contribution in [1.82, 2.24) is 9.88 Å². The molecule has 100 valence electrons. The largest absolute Gasteiger partial charge is 0.361 e. The lowest BCUT2D eigenvalue weighted by atomic mass is 10.2. The van der Waals surface area contributed by atoms with Gasteiger partial charge in [0.25, 0.3) is 0 Å². The van der Waals surface area contributed by atoms with Gasteiger partial charge in [-0.2, -0.15) is 0 Å². The molecule has 0 aliphatic heterocycles. The second-order valence-electron chi connectivity index (χ2n) is 4.30. The fourth-order valence-electron chi connectivity index (χ4n) is 1.54. The lowest BCUT2D eigenvalue weighted by Gasteiger charge is -2.11. The molecule has 0 radical (unpaired) electrons. The highest BCUT2D eigenvalue weighted by atomic mass is 79.9. The Hall–Kier alpha value is -1.69. The minimum Gasteiger partial charge on any atom is -0.361 e. The summed E-state index contributed by atoms with van der Waals surface area (Å²) in [4.78, 5) is 17.2. The first-order valence-electron chi connectivity index (χ1n) is 5.67. The van der Waals surface area contributed by atoms with Gasteiger partial charge in [0.05, 0.1) is 16.5 Å². The average Bonchev–Trinajstić information content (AvgIpc) is 2.37. The predicted molar refractivity (Wildman–Crippen MR) is 76.6 cm³/mol. The van der Waals surface area contributed by atoms with E-state index in [1.165, 1.54) is 11.0 Å². The maximum absolute atomic E-state index is 13.4. The van der Waals surface area contributed by atoms with Crippen LogP contribution >= 0.6 is 15.9 Å². The Morgan fingerprint density at radius 1 is 1.42 bits per heavy atom. The lowest BCUT2D eigenvalue weighted by Crippen LogP contribution is -2.28. The zero-order valence-corrected chi connectivity index (χ0v) is 12.2. The molecule has 0 saturated heterocycles. The van der Waals surface area contributed by atoms with E-state index in [0.29, 0.717) is 15.8 Å². The van der Waals surface area contributed by atoms with E-state index >= 15 is 0 Å². The molecule has 0 bridgehead atoms. The summed E-state index contributed by atoms with van der Waals surface area (Å²) in [5, 5.41) is 3.75. The van der Waals surface area contributed by atoms with Gasteiger partial charge >= 0.3 is 0 Å². The summed E-state index contributed by atoms with van der Waals surface area (Å²) < 4.78 is 13.8. The fraction of sp³-hybridized carbons (Fsp3) is 0.231. The van der Waals surface area contributed by atoms with Crippen LogP contribution in [0.4, 0.5) is 10.2 Å². The van der Waals surface area contributed by atoms with Crippen LogP contribution in [0.3, 0.4) is 0 Å². The number of pyridine rings is 1. The summed E-state index contributed by atoms with van der Waals surface area (Å²) in [7, 11) is 3.37. The summed E-state index contributed by atoms with van der Waals surface area (Å²) in [6, 6.07) is 6.62. The molecule has 19 heavy (non-hydrogen) atoms. The summed E-state index contributed by atoms with van der Waals surface area (Å²) >= 11 is 3.13. The average molecular weight is 326 g/mol. The monoisotopic (exact) mass is 325 g/mol. The third kappa shape index (κ3) is 3.20. The van der Waals surface area contributed by atoms with Crippen molar-refractivity contribution in [2.75, 3.05) is 26.0 Å². The number of hydrogen-bond acceptors (Lipinski definition) is 3. The van der Waals surface area contributed by atoms with Crippen LogP contribution in [0.15, 0.2) is 28.7 Å². The van der Waals surface area contributed by atoms with E-state index in [1.54, 1.807) is 26.2 Å². The van der Waals surface area contributed by atoms with Crippen molar-refractivity contribution in [2.24, 2.45) is 0 Å². The van der Waals surface area contributed by atoms with E-state index in [-0.39, 0.29) is 18.3 Å². The number of likely N-dealkylation sites (N-methyl/N-ethyl adjacent to an activating group) is 1. The highest BCUT2D eigenvalue weighted by Crippen LogP contribution is 2.23. The van der Waals surface area contributed by atoms with Gasteiger partial charge in [-0.15, -0.1) is 0 Å². The molecular formula is C13H13BrFN3O. The Balaban J connectivity index is 2.22. The topological polar surface area (TPSA) is 45.2 Å². The maximum Gasteiger partial charge on any atom is 0.241 e. The highest BCUT2D eigenvalue weighted by Gasteiger charge is 2.06. The number of amides is 1. The molecule has 0 fully saturated rings. The third-order valence-corrected chi connectivity index (χ3v) is 3.26. The summed E-state index contributed by atoms with van der Waals surface area (Å²) in [6.07, 6.45) is 0. The van der Waals surface area contributed by atoms with Crippen molar-refractivity contribution in [1.29, 1.82) is 0 Å². The molecule has 1 N–H and O–H groups in total. The van der Waals surface area contributed by atoms with Gasteiger partial charge in [-0.25, -0.2) is 9.37 Å². The molecule has 0 aliphatic rings. The number of nitrogens with one attached hydrogen (secondary N) is 1. The van der Waals surface area contributed by atoms with Gasteiger partial charge in [0.15, 0.2) is 0 Å². The van der Waals surface area contributed by atoms with Crippen LogP contribution in [0.2, 0.25) is 0 Å². The molecule has 1 heterocycles. The molecule has 1 amide bonds. The van der Waals surface area contributed by atoms with Crippen molar-refractivity contribution in [3.05, 3.63) is 34.6 Å². The minimum atomic E-state index is -0.360. The zero-order chi connectivity index (χ0) is 14.0. The molecule has 1 aromatic heterocycles. The number of anilines is 1. The van der Waals surface area contributed by atoms with Crippen molar-refractivity contribution < 1.29 is 9.18 Å². The Kier molecular flexibility index (Phi) is 3.99. The number of rotatable bonds is 3. The quantitative estimate of drug-likeness (QED) is 0.943. The molecular weight excluding hydrogens is 313 g/mol. The molecule has 4 nitrogen and oxygen atoms in total. The van der Waals surface area contributed by atoms with Crippen LogP contribution in [0, 0.1) is 5.82 Å². The standard InChI is InChI=1S/C13H13BrFN3O/c1-18(2)13(19)7-16-12-4-3-8-5-9(14)10(15)6-11(8)17-12/h3-6H,7H2,1-2H3,(H,16,17). The number of benzene rings is 1. The Morgan fingerprint density at radius 2 is 2.16 bits per heavy atom. The van der Waals surface area contributed by atoms with Crippen LogP contribution in [0.25, 0.3) is 10.9 Å². The minimum absolute atomic E-state index is 0.0520. The highest BCUT2D eigenvalue weighted by molar-refractivity contribution is 9.10. The second kappa shape index (κ2) is 5.52. The number of carbonyl (C=O) groups excluding carboxylic acids is 1. The fourth-order valence-corrected chi connectivity index (χ4v) is 1.90. The normalized spacial score (nSPS) is 10.5. The first-order chi connectivity index (χ1) is 8.97. The van der Waals surface area contributed by atoms with Crippen molar-refractivity contribution in [2.45, 2.75) is 0 Å². The van der Waals surface area contributed by atoms with Gasteiger partial charge in [-0.05, 0) is 34.1 Å². The summed E-state index contributed by atoms with van der Waals surface area (Å²) in [6.45, 7) is 0.157. The van der Waals surface area contributed by atoms with E-state index in [4.69, 9.17) is 0 Å². The molecule has 0 atom stereocenters. The molecule has 2 aromatic rings. The first kappa shape index (κ1) is 13.7. The van der Waals surface area contributed by atoms with Crippen molar-refractivity contribution in [3.8, 4) is 0 Å². The van der Waals surface area contributed by atoms with E-state index < -0.39 is 0 Å². The number of carbonyl (C=O) groups is 1. The van der Waals surface area contributed by atoms with Gasteiger partial charge in [-0.3, -0.25) is 4.79 Å². The first-order valence-corrected chi connectivity index (χ1v) is 6.46. The van der Waals surface area contributed by atoms with Gasteiger partial charge in [0.2, 0.25) is 5.91 Å². The predicted octanol–water partition coefficient (Wildman–Crippen LogP) is 2.64. The van der Waals surface area contributed by atoms with E-state index in [9.17, 15) is 9.18 Å². The Labute approximate surface area is 118 Å². The summed E-state index contributed by atoms with van der Waals surface area (Å²) in [5.74, 6) is 0.134. The molecule has 6 heteroatoms.